The number of hydrogen-bond donors (Lipinski definition) is 1. The van der Waals surface area contributed by atoms with Crippen LogP contribution >= 0.6 is 15.9 Å². The third kappa shape index (κ3) is 3.34. The van der Waals surface area contributed by atoms with Gasteiger partial charge in [-0.3, -0.25) is 9.59 Å². The van der Waals surface area contributed by atoms with Crippen molar-refractivity contribution in [2.24, 2.45) is 5.41 Å². The molecule has 3 nitrogen and oxygen atoms in total. The van der Waals surface area contributed by atoms with Crippen LogP contribution in [0.5, 0.6) is 0 Å². The quantitative estimate of drug-likeness (QED) is 0.759. The summed E-state index contributed by atoms with van der Waals surface area (Å²) in [4.78, 5) is 21.1. The van der Waals surface area contributed by atoms with Gasteiger partial charge in [-0.15, -0.1) is 0 Å². The zero-order valence-corrected chi connectivity index (χ0v) is 9.01. The minimum absolute atomic E-state index is 0.0377. The van der Waals surface area contributed by atoms with Crippen LogP contribution in [0.1, 0.15) is 27.2 Å². The summed E-state index contributed by atoms with van der Waals surface area (Å²) < 4.78 is 0. The summed E-state index contributed by atoms with van der Waals surface area (Å²) in [5.41, 5.74) is -0.847. The molecule has 1 N–H and O–H groups in total. The van der Waals surface area contributed by atoms with E-state index in [1.54, 1.807) is 13.8 Å². The molecule has 12 heavy (non-hydrogen) atoms. The molecule has 0 bridgehead atoms. The van der Waals surface area contributed by atoms with E-state index in [1.165, 1.54) is 6.92 Å². The highest BCUT2D eigenvalue weighted by Gasteiger charge is 2.31. The van der Waals surface area contributed by atoms with E-state index in [9.17, 15) is 9.59 Å². The van der Waals surface area contributed by atoms with Crippen LogP contribution in [-0.2, 0) is 9.59 Å². The van der Waals surface area contributed by atoms with E-state index in [-0.39, 0.29) is 10.6 Å². The Hall–Kier alpha value is -0.380. The number of carbonyl (C=O) groups excluding carboxylic acids is 1. The van der Waals surface area contributed by atoms with E-state index in [2.05, 4.69) is 15.9 Å². The van der Waals surface area contributed by atoms with Gasteiger partial charge >= 0.3 is 5.97 Å². The summed E-state index contributed by atoms with van der Waals surface area (Å²) in [6.07, 6.45) is 0.317. The van der Waals surface area contributed by atoms with Crippen molar-refractivity contribution in [2.75, 3.05) is 0 Å². The Balaban J connectivity index is 4.24. The van der Waals surface area contributed by atoms with Crippen molar-refractivity contribution >= 4 is 27.7 Å². The number of carbonyl (C=O) groups is 2. The third-order valence-corrected chi connectivity index (χ3v) is 2.68. The molecule has 0 aromatic heterocycles. The van der Waals surface area contributed by atoms with Gasteiger partial charge in [0, 0.05) is 0 Å². The van der Waals surface area contributed by atoms with Crippen molar-refractivity contribution < 1.29 is 14.7 Å². The van der Waals surface area contributed by atoms with Gasteiger partial charge in [-0.25, -0.2) is 0 Å². The molecular weight excluding hydrogens is 224 g/mol. The highest BCUT2D eigenvalue weighted by atomic mass is 79.9. The summed E-state index contributed by atoms with van der Waals surface area (Å²) in [6.45, 7) is 4.65. The first-order valence-corrected chi connectivity index (χ1v) is 4.57. The SMILES string of the molecule is CC(=O)C(Br)CC(C)(C)C(=O)O. The molecule has 0 spiro atoms. The van der Waals surface area contributed by atoms with Gasteiger partial charge in [0.2, 0.25) is 0 Å². The van der Waals surface area contributed by atoms with Crippen molar-refractivity contribution in [3.8, 4) is 0 Å². The van der Waals surface area contributed by atoms with E-state index in [0.717, 1.165) is 0 Å². The molecule has 0 amide bonds. The second-order valence-electron chi connectivity index (χ2n) is 3.47. The molecule has 0 aliphatic rings. The maximum absolute atomic E-state index is 10.8. The Kier molecular flexibility index (Phi) is 3.90. The van der Waals surface area contributed by atoms with E-state index in [1.807, 2.05) is 0 Å². The number of aliphatic carboxylic acids is 1. The summed E-state index contributed by atoms with van der Waals surface area (Å²) in [7, 11) is 0. The lowest BCUT2D eigenvalue weighted by Crippen LogP contribution is -2.29. The Morgan fingerprint density at radius 2 is 1.92 bits per heavy atom. The molecule has 4 heteroatoms. The van der Waals surface area contributed by atoms with E-state index >= 15 is 0 Å². The van der Waals surface area contributed by atoms with Crippen molar-refractivity contribution in [1.82, 2.24) is 0 Å². The van der Waals surface area contributed by atoms with Gasteiger partial charge in [0.05, 0.1) is 10.2 Å². The molecular formula is C8H13BrO3. The van der Waals surface area contributed by atoms with Gasteiger partial charge in [0.1, 0.15) is 5.78 Å². The fourth-order valence-electron chi connectivity index (χ4n) is 0.679. The normalized spacial score (nSPS) is 14.0. The van der Waals surface area contributed by atoms with Crippen LogP contribution in [0, 0.1) is 5.41 Å². The Morgan fingerprint density at radius 3 is 2.17 bits per heavy atom. The predicted molar refractivity (Wildman–Crippen MR) is 49.4 cm³/mol. The van der Waals surface area contributed by atoms with Gasteiger partial charge in [0.15, 0.2) is 0 Å². The van der Waals surface area contributed by atoms with Gasteiger partial charge in [-0.1, -0.05) is 15.9 Å². The van der Waals surface area contributed by atoms with Crippen LogP contribution in [-0.4, -0.2) is 21.7 Å². The molecule has 0 aromatic carbocycles. The zero-order chi connectivity index (χ0) is 9.94. The summed E-state index contributed by atoms with van der Waals surface area (Å²) >= 11 is 3.13. The van der Waals surface area contributed by atoms with Crippen molar-refractivity contribution in [2.45, 2.75) is 32.0 Å². The van der Waals surface area contributed by atoms with Crippen molar-refractivity contribution in [3.05, 3.63) is 0 Å². The van der Waals surface area contributed by atoms with Gasteiger partial charge in [-0.2, -0.15) is 0 Å². The van der Waals surface area contributed by atoms with Crippen LogP contribution in [0.25, 0.3) is 0 Å². The van der Waals surface area contributed by atoms with Crippen LogP contribution in [0.3, 0.4) is 0 Å². The second kappa shape index (κ2) is 4.03. The topological polar surface area (TPSA) is 54.4 Å². The molecule has 0 aromatic rings. The number of hydrogen-bond acceptors (Lipinski definition) is 2. The average molecular weight is 237 g/mol. The van der Waals surface area contributed by atoms with E-state index in [4.69, 9.17) is 5.11 Å². The van der Waals surface area contributed by atoms with E-state index < -0.39 is 11.4 Å². The fourth-order valence-corrected chi connectivity index (χ4v) is 1.49. The number of alkyl halides is 1. The largest absolute Gasteiger partial charge is 0.481 e. The number of Topliss-reactive ketones (excluding diaryl/α,β-unsaturated/α-hetero) is 1. The predicted octanol–water partition coefficient (Wildman–Crippen LogP) is 1.84. The lowest BCUT2D eigenvalue weighted by atomic mass is 9.87. The molecule has 0 radical (unpaired) electrons. The van der Waals surface area contributed by atoms with E-state index in [0.29, 0.717) is 6.42 Å². The monoisotopic (exact) mass is 236 g/mol. The van der Waals surface area contributed by atoms with Crippen LogP contribution in [0.15, 0.2) is 0 Å². The highest BCUT2D eigenvalue weighted by molar-refractivity contribution is 9.10. The number of rotatable bonds is 4. The average Bonchev–Trinajstić information content (AvgIpc) is 1.85. The molecule has 0 aliphatic heterocycles. The smallest absolute Gasteiger partial charge is 0.309 e. The number of carboxylic acids is 1. The molecule has 0 saturated carbocycles. The van der Waals surface area contributed by atoms with Crippen molar-refractivity contribution in [3.63, 3.8) is 0 Å². The summed E-state index contributed by atoms with van der Waals surface area (Å²) in [5, 5.41) is 8.74. The van der Waals surface area contributed by atoms with Crippen LogP contribution in [0.4, 0.5) is 0 Å². The standard InChI is InChI=1S/C8H13BrO3/c1-5(10)6(9)4-8(2,3)7(11)12/h6H,4H2,1-3H3,(H,11,12). The molecule has 0 rings (SSSR count). The third-order valence-electron chi connectivity index (χ3n) is 1.71. The van der Waals surface area contributed by atoms with Gasteiger partial charge < -0.3 is 5.11 Å². The minimum Gasteiger partial charge on any atom is -0.481 e. The second-order valence-corrected chi connectivity index (χ2v) is 4.58. The lowest BCUT2D eigenvalue weighted by Gasteiger charge is -2.20. The maximum Gasteiger partial charge on any atom is 0.309 e. The highest BCUT2D eigenvalue weighted by Crippen LogP contribution is 2.26. The minimum atomic E-state index is -0.881. The Bertz CT molecular complexity index is 198. The number of halogens is 1. The molecule has 1 unspecified atom stereocenters. The van der Waals surface area contributed by atoms with Crippen LogP contribution in [0.2, 0.25) is 0 Å². The molecule has 0 heterocycles. The fraction of sp³-hybridized carbons (Fsp3) is 0.750. The summed E-state index contributed by atoms with van der Waals surface area (Å²) in [6, 6.07) is 0. The lowest BCUT2D eigenvalue weighted by molar-refractivity contribution is -0.147. The first kappa shape index (κ1) is 11.6. The zero-order valence-electron chi connectivity index (χ0n) is 7.43. The molecule has 0 aliphatic carbocycles. The number of carboxylic acid groups (broad SMARTS) is 1. The van der Waals surface area contributed by atoms with Crippen molar-refractivity contribution in [1.29, 1.82) is 0 Å². The van der Waals surface area contributed by atoms with Gasteiger partial charge in [-0.05, 0) is 27.2 Å². The first-order valence-electron chi connectivity index (χ1n) is 3.65. The Morgan fingerprint density at radius 1 is 1.50 bits per heavy atom. The molecule has 0 saturated heterocycles. The first-order chi connectivity index (χ1) is 5.27. The molecule has 0 fully saturated rings. The number of ketones is 1. The van der Waals surface area contributed by atoms with Crippen LogP contribution < -0.4 is 0 Å². The summed E-state index contributed by atoms with van der Waals surface area (Å²) in [5.74, 6) is -0.919. The van der Waals surface area contributed by atoms with Gasteiger partial charge in [0.25, 0.3) is 0 Å². The maximum atomic E-state index is 10.8. The Labute approximate surface area is 80.3 Å². The molecule has 1 atom stereocenters. The molecule has 70 valence electrons.